The van der Waals surface area contributed by atoms with Gasteiger partial charge in [0.15, 0.2) is 0 Å². The molecule has 1 heterocycles. The van der Waals surface area contributed by atoms with Crippen LogP contribution in [-0.4, -0.2) is 28.1 Å². The summed E-state index contributed by atoms with van der Waals surface area (Å²) in [5, 5.41) is 11.5. The van der Waals surface area contributed by atoms with Crippen LogP contribution in [0.3, 0.4) is 0 Å². The number of halogens is 3. The maximum absolute atomic E-state index is 12.5. The fourth-order valence-corrected chi connectivity index (χ4v) is 3.61. The summed E-state index contributed by atoms with van der Waals surface area (Å²) in [5.41, 5.74) is 1.93. The van der Waals surface area contributed by atoms with E-state index in [4.69, 9.17) is 5.11 Å². The van der Waals surface area contributed by atoms with E-state index in [1.807, 2.05) is 24.3 Å². The van der Waals surface area contributed by atoms with E-state index in [1.54, 1.807) is 17.5 Å². The Morgan fingerprint density at radius 3 is 2.55 bits per heavy atom. The molecule has 3 aromatic rings. The minimum absolute atomic E-state index is 0.0111. The van der Waals surface area contributed by atoms with Gasteiger partial charge in [0, 0.05) is 12.1 Å². The Hall–Kier alpha value is -3.20. The van der Waals surface area contributed by atoms with Gasteiger partial charge < -0.3 is 10.4 Å². The third kappa shape index (κ3) is 5.41. The van der Waals surface area contributed by atoms with Crippen molar-refractivity contribution in [3.8, 4) is 0 Å². The predicted molar refractivity (Wildman–Crippen MR) is 105 cm³/mol. The number of hydrogen-bond acceptors (Lipinski definition) is 4. The number of nitrogens with one attached hydrogen (secondary N) is 1. The lowest BCUT2D eigenvalue weighted by molar-refractivity contribution is -0.167. The molecule has 29 heavy (non-hydrogen) atoms. The molecular weight excluding hydrogens is 405 g/mol. The molecule has 1 aromatic heterocycles. The van der Waals surface area contributed by atoms with Crippen LogP contribution in [0.5, 0.6) is 0 Å². The number of amides is 1. The number of anilines is 1. The molecule has 0 bridgehead atoms. The molecule has 2 aromatic carbocycles. The van der Waals surface area contributed by atoms with Crippen molar-refractivity contribution in [3.05, 3.63) is 59.1 Å². The van der Waals surface area contributed by atoms with Gasteiger partial charge in [-0.1, -0.05) is 24.3 Å². The Kier molecular flexibility index (Phi) is 5.97. The van der Waals surface area contributed by atoms with E-state index in [0.29, 0.717) is 16.1 Å². The molecule has 0 aliphatic rings. The van der Waals surface area contributed by atoms with Crippen LogP contribution in [0.2, 0.25) is 0 Å². The van der Waals surface area contributed by atoms with E-state index in [0.717, 1.165) is 10.2 Å². The van der Waals surface area contributed by atoms with Crippen molar-refractivity contribution in [1.82, 2.24) is 4.98 Å². The van der Waals surface area contributed by atoms with Crippen LogP contribution in [-0.2, 0) is 9.59 Å². The molecule has 3 rings (SSSR count). The molecule has 0 saturated carbocycles. The molecule has 2 N–H and O–H groups in total. The molecule has 0 saturated heterocycles. The monoisotopic (exact) mass is 420 g/mol. The topological polar surface area (TPSA) is 79.3 Å². The smallest absolute Gasteiger partial charge is 0.471 e. The lowest BCUT2D eigenvalue weighted by Gasteiger charge is -2.09. The van der Waals surface area contributed by atoms with Gasteiger partial charge in [-0.25, -0.2) is 4.98 Å². The molecule has 0 radical (unpaired) electrons. The molecule has 0 aliphatic heterocycles. The van der Waals surface area contributed by atoms with Crippen LogP contribution in [0.25, 0.3) is 21.9 Å². The normalized spacial score (nSPS) is 12.2. The second-order valence-corrected chi connectivity index (χ2v) is 7.16. The lowest BCUT2D eigenvalue weighted by atomic mass is 10.1. The van der Waals surface area contributed by atoms with E-state index < -0.39 is 18.1 Å². The number of thiazole rings is 1. The van der Waals surface area contributed by atoms with Crippen LogP contribution >= 0.6 is 11.3 Å². The summed E-state index contributed by atoms with van der Waals surface area (Å²) in [4.78, 5) is 26.7. The number of allylic oxidation sites excluding steroid dienone is 1. The minimum Gasteiger partial charge on any atom is -0.481 e. The molecule has 0 fully saturated rings. The minimum atomic E-state index is -4.99. The van der Waals surface area contributed by atoms with E-state index in [1.165, 1.54) is 29.5 Å². The molecule has 0 aliphatic carbocycles. The van der Waals surface area contributed by atoms with Gasteiger partial charge in [0.2, 0.25) is 0 Å². The number of fused-ring (bicyclic) bond motifs is 1. The Labute approximate surface area is 167 Å². The molecule has 1 amide bonds. The van der Waals surface area contributed by atoms with Crippen molar-refractivity contribution in [2.75, 3.05) is 5.32 Å². The van der Waals surface area contributed by atoms with Crippen LogP contribution in [0.4, 0.5) is 18.9 Å². The number of alkyl halides is 3. The van der Waals surface area contributed by atoms with Crippen LogP contribution in [0.15, 0.2) is 48.5 Å². The highest BCUT2D eigenvalue weighted by molar-refractivity contribution is 7.19. The van der Waals surface area contributed by atoms with Crippen molar-refractivity contribution in [3.63, 3.8) is 0 Å². The highest BCUT2D eigenvalue weighted by atomic mass is 32.1. The van der Waals surface area contributed by atoms with Crippen molar-refractivity contribution < 1.29 is 27.9 Å². The standard InChI is InChI=1S/C20H15F3N2O3S/c21-20(22,23)19(28)24-14-5-3-4-12(11-14)10-13(8-9-17(26)27)18-25-15-6-1-2-7-16(15)29-18/h1-7,10-11H,8-9H2,(H,24,28)(H,26,27)/b13-10+. The summed E-state index contributed by atoms with van der Waals surface area (Å²) in [6.45, 7) is 0. The molecule has 0 spiro atoms. The Morgan fingerprint density at radius 2 is 1.86 bits per heavy atom. The van der Waals surface area contributed by atoms with E-state index in [2.05, 4.69) is 4.98 Å². The van der Waals surface area contributed by atoms with Crippen LogP contribution in [0, 0.1) is 0 Å². The van der Waals surface area contributed by atoms with Crippen LogP contribution < -0.4 is 5.32 Å². The van der Waals surface area contributed by atoms with Gasteiger partial charge in [-0.3, -0.25) is 9.59 Å². The van der Waals surface area contributed by atoms with E-state index in [9.17, 15) is 22.8 Å². The number of carboxylic acids is 1. The average molecular weight is 420 g/mol. The number of carboxylic acid groups (broad SMARTS) is 1. The van der Waals surface area contributed by atoms with Gasteiger partial charge in [0.25, 0.3) is 0 Å². The number of carbonyl (C=O) groups is 2. The van der Waals surface area contributed by atoms with Gasteiger partial charge in [-0.15, -0.1) is 11.3 Å². The first-order valence-corrected chi connectivity index (χ1v) is 9.30. The number of rotatable bonds is 6. The predicted octanol–water partition coefficient (Wildman–Crippen LogP) is 5.20. The fraction of sp³-hybridized carbons (Fsp3) is 0.150. The number of nitrogens with zero attached hydrogens (tertiary/aromatic N) is 1. The highest BCUT2D eigenvalue weighted by Gasteiger charge is 2.38. The largest absolute Gasteiger partial charge is 0.481 e. The summed E-state index contributed by atoms with van der Waals surface area (Å²) in [6.07, 6.45) is -3.23. The average Bonchev–Trinajstić information content (AvgIpc) is 3.08. The number of aliphatic carboxylic acids is 1. The second-order valence-electron chi connectivity index (χ2n) is 6.13. The van der Waals surface area contributed by atoms with E-state index in [-0.39, 0.29) is 18.5 Å². The number of para-hydroxylation sites is 1. The SMILES string of the molecule is O=C(O)CC/C(=C\c1cccc(NC(=O)C(F)(F)F)c1)c1nc2ccccc2s1. The molecule has 0 unspecified atom stereocenters. The van der Waals surface area contributed by atoms with Gasteiger partial charge >= 0.3 is 18.1 Å². The van der Waals surface area contributed by atoms with Gasteiger partial charge in [0.1, 0.15) is 5.01 Å². The number of carbonyl (C=O) groups excluding carboxylic acids is 1. The van der Waals surface area contributed by atoms with E-state index >= 15 is 0 Å². The zero-order valence-electron chi connectivity index (χ0n) is 14.9. The summed E-state index contributed by atoms with van der Waals surface area (Å²) in [5.74, 6) is -3.03. The zero-order valence-corrected chi connectivity index (χ0v) is 15.7. The van der Waals surface area contributed by atoms with Crippen molar-refractivity contribution in [2.24, 2.45) is 0 Å². The van der Waals surface area contributed by atoms with Crippen molar-refractivity contribution in [2.45, 2.75) is 19.0 Å². The van der Waals surface area contributed by atoms with Gasteiger partial charge in [-0.2, -0.15) is 13.2 Å². The third-order valence-electron chi connectivity index (χ3n) is 3.92. The zero-order chi connectivity index (χ0) is 21.0. The summed E-state index contributed by atoms with van der Waals surface area (Å²) < 4.78 is 38.3. The van der Waals surface area contributed by atoms with Crippen molar-refractivity contribution in [1.29, 1.82) is 0 Å². The Balaban J connectivity index is 1.94. The van der Waals surface area contributed by atoms with Crippen molar-refractivity contribution >= 4 is 50.8 Å². The highest BCUT2D eigenvalue weighted by Crippen LogP contribution is 2.31. The second kappa shape index (κ2) is 8.44. The van der Waals surface area contributed by atoms with Gasteiger partial charge in [-0.05, 0) is 47.9 Å². The molecule has 150 valence electrons. The Morgan fingerprint density at radius 1 is 1.10 bits per heavy atom. The maximum atomic E-state index is 12.5. The molecule has 9 heteroatoms. The number of hydrogen-bond donors (Lipinski definition) is 2. The van der Waals surface area contributed by atoms with Crippen LogP contribution in [0.1, 0.15) is 23.4 Å². The summed E-state index contributed by atoms with van der Waals surface area (Å²) in [6, 6.07) is 13.3. The molecule has 5 nitrogen and oxygen atoms in total. The van der Waals surface area contributed by atoms with Gasteiger partial charge in [0.05, 0.1) is 10.2 Å². The summed E-state index contributed by atoms with van der Waals surface area (Å²) in [7, 11) is 0. The lowest BCUT2D eigenvalue weighted by Crippen LogP contribution is -2.29. The first-order valence-electron chi connectivity index (χ1n) is 8.49. The number of aromatic nitrogens is 1. The fourth-order valence-electron chi connectivity index (χ4n) is 2.60. The first kappa shape index (κ1) is 20.5. The quantitative estimate of drug-likeness (QED) is 0.574. The molecule has 0 atom stereocenters. The maximum Gasteiger partial charge on any atom is 0.471 e. The molecular formula is C20H15F3N2O3S. The Bertz CT molecular complexity index is 1060. The third-order valence-corrected chi connectivity index (χ3v) is 5.03. The number of benzene rings is 2. The first-order chi connectivity index (χ1) is 13.7. The summed E-state index contributed by atoms with van der Waals surface area (Å²) >= 11 is 1.40.